The molecule has 108 valence electrons. The van der Waals surface area contributed by atoms with Crippen molar-refractivity contribution in [2.75, 3.05) is 24.2 Å². The van der Waals surface area contributed by atoms with Gasteiger partial charge in [0.05, 0.1) is 4.90 Å². The van der Waals surface area contributed by atoms with Gasteiger partial charge in [0.2, 0.25) is 0 Å². The molecule has 0 aliphatic carbocycles. The number of nitrogens with one attached hydrogen (secondary N) is 1. The summed E-state index contributed by atoms with van der Waals surface area (Å²) in [7, 11) is -3.10. The monoisotopic (exact) mass is 304 g/mol. The van der Waals surface area contributed by atoms with Crippen molar-refractivity contribution >= 4 is 27.9 Å². The van der Waals surface area contributed by atoms with Crippen molar-refractivity contribution < 1.29 is 8.42 Å². The van der Waals surface area contributed by atoms with E-state index >= 15 is 0 Å². The van der Waals surface area contributed by atoms with E-state index in [1.165, 1.54) is 6.26 Å². The standard InChI is InChI=1S/C13H20N2O2S.ClH/c1-10-8-15(9-11(2)14-10)12-4-6-13(7-5-12)18(3,16)17;/h4-7,10-11,14H,8-9H2,1-3H3;1H/t10-,11+;. The highest BCUT2D eigenvalue weighted by atomic mass is 35.5. The van der Waals surface area contributed by atoms with Crippen molar-refractivity contribution in [3.05, 3.63) is 24.3 Å². The van der Waals surface area contributed by atoms with Gasteiger partial charge in [-0.15, -0.1) is 12.4 Å². The lowest BCUT2D eigenvalue weighted by molar-refractivity contribution is 0.407. The molecule has 4 nitrogen and oxygen atoms in total. The molecular weight excluding hydrogens is 284 g/mol. The van der Waals surface area contributed by atoms with Gasteiger partial charge >= 0.3 is 0 Å². The molecule has 1 N–H and O–H groups in total. The second-order valence-corrected chi connectivity index (χ2v) is 7.16. The third-order valence-corrected chi connectivity index (χ3v) is 4.32. The third-order valence-electron chi connectivity index (χ3n) is 3.19. The van der Waals surface area contributed by atoms with Crippen LogP contribution in [0.15, 0.2) is 29.2 Å². The number of benzene rings is 1. The van der Waals surface area contributed by atoms with Gasteiger partial charge in [-0.3, -0.25) is 0 Å². The number of hydrogen-bond acceptors (Lipinski definition) is 4. The molecule has 1 aliphatic rings. The number of sulfone groups is 1. The minimum Gasteiger partial charge on any atom is -0.368 e. The fourth-order valence-electron chi connectivity index (χ4n) is 2.44. The van der Waals surface area contributed by atoms with Gasteiger partial charge < -0.3 is 10.2 Å². The molecule has 0 unspecified atom stereocenters. The van der Waals surface area contributed by atoms with E-state index in [4.69, 9.17) is 0 Å². The molecule has 1 aromatic carbocycles. The molecule has 0 amide bonds. The smallest absolute Gasteiger partial charge is 0.175 e. The number of nitrogens with zero attached hydrogens (tertiary/aromatic N) is 1. The molecule has 1 fully saturated rings. The Bertz CT molecular complexity index is 506. The van der Waals surface area contributed by atoms with E-state index in [0.717, 1.165) is 18.8 Å². The van der Waals surface area contributed by atoms with E-state index < -0.39 is 9.84 Å². The van der Waals surface area contributed by atoms with Gasteiger partial charge in [0.25, 0.3) is 0 Å². The van der Waals surface area contributed by atoms with Gasteiger partial charge in [-0.2, -0.15) is 0 Å². The molecule has 2 rings (SSSR count). The Morgan fingerprint density at radius 3 is 2.00 bits per heavy atom. The molecule has 1 heterocycles. The maximum atomic E-state index is 11.4. The number of rotatable bonds is 2. The lowest BCUT2D eigenvalue weighted by atomic mass is 10.1. The van der Waals surface area contributed by atoms with Crippen molar-refractivity contribution in [3.8, 4) is 0 Å². The molecular formula is C13H21ClN2O2S. The molecule has 1 aromatic rings. The largest absolute Gasteiger partial charge is 0.368 e. The number of halogens is 1. The average molecular weight is 305 g/mol. The summed E-state index contributed by atoms with van der Waals surface area (Å²) in [4.78, 5) is 2.67. The fourth-order valence-corrected chi connectivity index (χ4v) is 3.07. The first-order valence-corrected chi connectivity index (χ1v) is 8.06. The Balaban J connectivity index is 0.00000180. The van der Waals surface area contributed by atoms with E-state index in [0.29, 0.717) is 17.0 Å². The van der Waals surface area contributed by atoms with E-state index in [1.54, 1.807) is 12.1 Å². The molecule has 0 aromatic heterocycles. The van der Waals surface area contributed by atoms with Gasteiger partial charge in [0.15, 0.2) is 9.84 Å². The van der Waals surface area contributed by atoms with Crippen LogP contribution in [0.1, 0.15) is 13.8 Å². The first-order valence-electron chi connectivity index (χ1n) is 6.17. The summed E-state index contributed by atoms with van der Waals surface area (Å²) in [5.41, 5.74) is 1.09. The summed E-state index contributed by atoms with van der Waals surface area (Å²) in [6.07, 6.45) is 1.23. The van der Waals surface area contributed by atoms with Crippen LogP contribution in [0.4, 0.5) is 5.69 Å². The first kappa shape index (κ1) is 16.3. The van der Waals surface area contributed by atoms with Crippen molar-refractivity contribution in [1.29, 1.82) is 0 Å². The molecule has 0 bridgehead atoms. The zero-order chi connectivity index (χ0) is 13.3. The van der Waals surface area contributed by atoms with Crippen LogP contribution in [0.3, 0.4) is 0 Å². The van der Waals surface area contributed by atoms with Crippen LogP contribution in [0.25, 0.3) is 0 Å². The van der Waals surface area contributed by atoms with E-state index in [2.05, 4.69) is 24.1 Å². The van der Waals surface area contributed by atoms with Crippen LogP contribution in [-0.2, 0) is 9.84 Å². The van der Waals surface area contributed by atoms with Crippen molar-refractivity contribution in [1.82, 2.24) is 5.32 Å². The van der Waals surface area contributed by atoms with E-state index in [9.17, 15) is 8.42 Å². The van der Waals surface area contributed by atoms with Crippen LogP contribution in [0, 0.1) is 0 Å². The molecule has 0 radical (unpaired) electrons. The minimum atomic E-state index is -3.10. The topological polar surface area (TPSA) is 49.4 Å². The number of piperazine rings is 1. The SMILES string of the molecule is C[C@@H]1CN(c2ccc(S(C)(=O)=O)cc2)C[C@H](C)N1.Cl. The van der Waals surface area contributed by atoms with E-state index in [1.807, 2.05) is 12.1 Å². The van der Waals surface area contributed by atoms with Crippen molar-refractivity contribution in [3.63, 3.8) is 0 Å². The van der Waals surface area contributed by atoms with Gasteiger partial charge in [-0.25, -0.2) is 8.42 Å². The van der Waals surface area contributed by atoms with Gasteiger partial charge in [0, 0.05) is 37.1 Å². The maximum Gasteiger partial charge on any atom is 0.175 e. The Morgan fingerprint density at radius 1 is 1.11 bits per heavy atom. The summed E-state index contributed by atoms with van der Waals surface area (Å²) in [6, 6.07) is 8.04. The Morgan fingerprint density at radius 2 is 1.58 bits per heavy atom. The normalized spacial score (nSPS) is 23.8. The highest BCUT2D eigenvalue weighted by Crippen LogP contribution is 2.20. The average Bonchev–Trinajstić information content (AvgIpc) is 2.27. The van der Waals surface area contributed by atoms with Crippen molar-refractivity contribution in [2.45, 2.75) is 30.8 Å². The Hall–Kier alpha value is -0.780. The number of hydrogen-bond donors (Lipinski definition) is 1. The van der Waals surface area contributed by atoms with Gasteiger partial charge in [0.1, 0.15) is 0 Å². The molecule has 1 aliphatic heterocycles. The molecule has 2 atom stereocenters. The van der Waals surface area contributed by atoms with E-state index in [-0.39, 0.29) is 12.4 Å². The minimum absolute atomic E-state index is 0. The highest BCUT2D eigenvalue weighted by Gasteiger charge is 2.21. The molecule has 1 saturated heterocycles. The van der Waals surface area contributed by atoms with Crippen LogP contribution < -0.4 is 10.2 Å². The maximum absolute atomic E-state index is 11.4. The summed E-state index contributed by atoms with van der Waals surface area (Å²) < 4.78 is 22.8. The molecule has 6 heteroatoms. The first-order chi connectivity index (χ1) is 8.36. The zero-order valence-corrected chi connectivity index (χ0v) is 13.1. The quantitative estimate of drug-likeness (QED) is 0.903. The summed E-state index contributed by atoms with van der Waals surface area (Å²) in [5, 5.41) is 3.48. The second-order valence-electron chi connectivity index (χ2n) is 5.14. The Labute approximate surface area is 121 Å². The molecule has 0 saturated carbocycles. The van der Waals surface area contributed by atoms with Crippen LogP contribution >= 0.6 is 12.4 Å². The number of anilines is 1. The van der Waals surface area contributed by atoms with Gasteiger partial charge in [-0.1, -0.05) is 0 Å². The predicted molar refractivity (Wildman–Crippen MR) is 81.1 cm³/mol. The summed E-state index contributed by atoms with van der Waals surface area (Å²) in [5.74, 6) is 0. The summed E-state index contributed by atoms with van der Waals surface area (Å²) in [6.45, 7) is 6.21. The van der Waals surface area contributed by atoms with Crippen LogP contribution in [0.5, 0.6) is 0 Å². The molecule has 0 spiro atoms. The molecule has 19 heavy (non-hydrogen) atoms. The fraction of sp³-hybridized carbons (Fsp3) is 0.538. The zero-order valence-electron chi connectivity index (χ0n) is 11.5. The second kappa shape index (κ2) is 6.11. The van der Waals surface area contributed by atoms with Gasteiger partial charge in [-0.05, 0) is 38.1 Å². The third kappa shape index (κ3) is 4.09. The van der Waals surface area contributed by atoms with Crippen LogP contribution in [0.2, 0.25) is 0 Å². The highest BCUT2D eigenvalue weighted by molar-refractivity contribution is 7.90. The lowest BCUT2D eigenvalue weighted by Crippen LogP contribution is -2.54. The Kier molecular flexibility index (Phi) is 5.24. The predicted octanol–water partition coefficient (Wildman–Crippen LogP) is 1.70. The van der Waals surface area contributed by atoms with Crippen molar-refractivity contribution in [2.24, 2.45) is 0 Å². The summed E-state index contributed by atoms with van der Waals surface area (Å²) >= 11 is 0. The van der Waals surface area contributed by atoms with Crippen LogP contribution in [-0.4, -0.2) is 39.8 Å². The lowest BCUT2D eigenvalue weighted by Gasteiger charge is -2.37.